The number of nitrogens with one attached hydrogen (secondary N) is 1. The molecule has 1 amide bonds. The second-order valence-corrected chi connectivity index (χ2v) is 3.00. The maximum atomic E-state index is 10.2. The van der Waals surface area contributed by atoms with Crippen LogP contribution in [0.2, 0.25) is 0 Å². The highest BCUT2D eigenvalue weighted by atomic mass is 16.4. The fourth-order valence-electron chi connectivity index (χ4n) is 1.23. The minimum Gasteiger partial charge on any atom is -0.530 e. The summed E-state index contributed by atoms with van der Waals surface area (Å²) < 4.78 is 0. The fourth-order valence-corrected chi connectivity index (χ4v) is 1.23. The van der Waals surface area contributed by atoms with E-state index in [9.17, 15) is 9.90 Å². The van der Waals surface area contributed by atoms with Gasteiger partial charge < -0.3 is 20.3 Å². The van der Waals surface area contributed by atoms with Crippen molar-refractivity contribution < 1.29 is 15.0 Å². The summed E-state index contributed by atoms with van der Waals surface area (Å²) in [4.78, 5) is 10.2. The van der Waals surface area contributed by atoms with Crippen LogP contribution in [0, 0.1) is 0 Å². The Labute approximate surface area is 82.2 Å². The highest BCUT2D eigenvalue weighted by molar-refractivity contribution is 5.62. The van der Waals surface area contributed by atoms with Gasteiger partial charge in [-0.3, -0.25) is 0 Å². The van der Waals surface area contributed by atoms with Crippen LogP contribution in [0.25, 0.3) is 0 Å². The maximum absolute atomic E-state index is 10.2. The Morgan fingerprint density at radius 1 is 1.43 bits per heavy atom. The van der Waals surface area contributed by atoms with E-state index in [1.54, 1.807) is 0 Å². The number of carbonyl (C=O) groups is 1. The predicted molar refractivity (Wildman–Crippen MR) is 49.6 cm³/mol. The van der Waals surface area contributed by atoms with Gasteiger partial charge in [0.2, 0.25) is 0 Å². The smallest absolute Gasteiger partial charge is 0.134 e. The van der Waals surface area contributed by atoms with Gasteiger partial charge in [0.05, 0.1) is 12.6 Å². The number of carboxylic acid groups (broad SMARTS) is 1. The van der Waals surface area contributed by atoms with E-state index in [1.807, 2.05) is 30.3 Å². The van der Waals surface area contributed by atoms with Gasteiger partial charge in [-0.2, -0.15) is 0 Å². The van der Waals surface area contributed by atoms with E-state index in [-0.39, 0.29) is 6.61 Å². The molecule has 4 nitrogen and oxygen atoms in total. The summed E-state index contributed by atoms with van der Waals surface area (Å²) >= 11 is 0. The van der Waals surface area contributed by atoms with Crippen LogP contribution in [-0.4, -0.2) is 23.8 Å². The third kappa shape index (κ3) is 3.45. The SMILES string of the molecule is O=C([O-])NC(CO)Cc1ccccc1. The van der Waals surface area contributed by atoms with Crippen molar-refractivity contribution in [1.82, 2.24) is 5.32 Å². The molecule has 0 bridgehead atoms. The molecule has 2 N–H and O–H groups in total. The zero-order chi connectivity index (χ0) is 10.4. The summed E-state index contributed by atoms with van der Waals surface area (Å²) in [6.07, 6.45) is -0.898. The van der Waals surface area contributed by atoms with Crippen LogP contribution in [-0.2, 0) is 6.42 Å². The predicted octanol–water partition coefficient (Wildman–Crippen LogP) is -0.477. The molecule has 1 aromatic carbocycles. The van der Waals surface area contributed by atoms with Crippen molar-refractivity contribution in [2.45, 2.75) is 12.5 Å². The molecule has 0 aliphatic carbocycles. The van der Waals surface area contributed by atoms with Gasteiger partial charge in [0.25, 0.3) is 0 Å². The second kappa shape index (κ2) is 5.24. The average Bonchev–Trinajstić information content (AvgIpc) is 2.17. The van der Waals surface area contributed by atoms with Crippen LogP contribution in [0.4, 0.5) is 4.79 Å². The Kier molecular flexibility index (Phi) is 3.94. The molecule has 76 valence electrons. The maximum Gasteiger partial charge on any atom is 0.134 e. The minimum absolute atomic E-state index is 0.233. The molecule has 0 saturated heterocycles. The van der Waals surface area contributed by atoms with Gasteiger partial charge >= 0.3 is 0 Å². The molecular weight excluding hydrogens is 182 g/mol. The number of benzene rings is 1. The van der Waals surface area contributed by atoms with Crippen molar-refractivity contribution >= 4 is 6.09 Å². The molecule has 1 rings (SSSR count). The summed E-state index contributed by atoms with van der Waals surface area (Å²) in [5, 5.41) is 21.2. The van der Waals surface area contributed by atoms with E-state index < -0.39 is 12.1 Å². The summed E-state index contributed by atoms with van der Waals surface area (Å²) in [5.41, 5.74) is 0.973. The Morgan fingerprint density at radius 3 is 2.57 bits per heavy atom. The van der Waals surface area contributed by atoms with E-state index >= 15 is 0 Å². The summed E-state index contributed by atoms with van der Waals surface area (Å²) in [7, 11) is 0. The first-order chi connectivity index (χ1) is 6.72. The highest BCUT2D eigenvalue weighted by Crippen LogP contribution is 2.02. The molecule has 0 radical (unpaired) electrons. The van der Waals surface area contributed by atoms with E-state index in [0.29, 0.717) is 6.42 Å². The average molecular weight is 194 g/mol. The molecule has 0 aliphatic heterocycles. The van der Waals surface area contributed by atoms with Gasteiger partial charge in [-0.1, -0.05) is 30.3 Å². The Bertz CT molecular complexity index is 287. The van der Waals surface area contributed by atoms with Crippen molar-refractivity contribution in [2.24, 2.45) is 0 Å². The third-order valence-corrected chi connectivity index (χ3v) is 1.87. The van der Waals surface area contributed by atoms with Crippen molar-refractivity contribution in [3.05, 3.63) is 35.9 Å². The lowest BCUT2D eigenvalue weighted by molar-refractivity contribution is -0.251. The number of aliphatic hydroxyl groups is 1. The summed E-state index contributed by atoms with van der Waals surface area (Å²) in [5.74, 6) is 0. The minimum atomic E-state index is -1.36. The molecule has 0 fully saturated rings. The van der Waals surface area contributed by atoms with Crippen molar-refractivity contribution in [2.75, 3.05) is 6.61 Å². The van der Waals surface area contributed by atoms with Crippen molar-refractivity contribution in [1.29, 1.82) is 0 Å². The van der Waals surface area contributed by atoms with Gasteiger partial charge in [-0.15, -0.1) is 0 Å². The third-order valence-electron chi connectivity index (χ3n) is 1.87. The lowest BCUT2D eigenvalue weighted by atomic mass is 10.1. The largest absolute Gasteiger partial charge is 0.530 e. The second-order valence-electron chi connectivity index (χ2n) is 3.00. The van der Waals surface area contributed by atoms with Crippen LogP contribution in [0.15, 0.2) is 30.3 Å². The van der Waals surface area contributed by atoms with Gasteiger partial charge in [0, 0.05) is 0 Å². The molecule has 0 spiro atoms. The first-order valence-corrected chi connectivity index (χ1v) is 4.34. The Balaban J connectivity index is 2.53. The van der Waals surface area contributed by atoms with Crippen LogP contribution in [0.3, 0.4) is 0 Å². The summed E-state index contributed by atoms with van der Waals surface area (Å²) in [6.45, 7) is -0.233. The molecular formula is C10H12NO3-. The van der Waals surface area contributed by atoms with Crippen LogP contribution in [0.5, 0.6) is 0 Å². The van der Waals surface area contributed by atoms with E-state index in [2.05, 4.69) is 5.32 Å². The molecule has 0 aromatic heterocycles. The van der Waals surface area contributed by atoms with Crippen LogP contribution in [0.1, 0.15) is 5.56 Å². The quantitative estimate of drug-likeness (QED) is 0.680. The molecule has 1 unspecified atom stereocenters. The van der Waals surface area contributed by atoms with Gasteiger partial charge in [-0.25, -0.2) is 0 Å². The topological polar surface area (TPSA) is 72.4 Å². The molecule has 0 saturated carbocycles. The molecule has 4 heteroatoms. The lowest BCUT2D eigenvalue weighted by Gasteiger charge is -2.17. The van der Waals surface area contributed by atoms with Gasteiger partial charge in [-0.05, 0) is 12.0 Å². The molecule has 0 aliphatic rings. The summed E-state index contributed by atoms with van der Waals surface area (Å²) in [6, 6.07) is 8.86. The number of amides is 1. The Morgan fingerprint density at radius 2 is 2.07 bits per heavy atom. The van der Waals surface area contributed by atoms with Gasteiger partial charge in [0.1, 0.15) is 6.09 Å². The van der Waals surface area contributed by atoms with Crippen LogP contribution >= 0.6 is 0 Å². The number of carbonyl (C=O) groups excluding carboxylic acids is 1. The standard InChI is InChI=1S/C10H13NO3/c12-7-9(11-10(13)14)6-8-4-2-1-3-5-8/h1-5,9,11-12H,6-7H2,(H,13,14)/p-1. The Hall–Kier alpha value is -1.55. The van der Waals surface area contributed by atoms with Crippen molar-refractivity contribution in [3.8, 4) is 0 Å². The van der Waals surface area contributed by atoms with Crippen molar-refractivity contribution in [3.63, 3.8) is 0 Å². The molecule has 1 aromatic rings. The molecule has 1 atom stereocenters. The number of aliphatic hydroxyl groups excluding tert-OH is 1. The molecule has 0 heterocycles. The normalized spacial score (nSPS) is 12.1. The fraction of sp³-hybridized carbons (Fsp3) is 0.300. The first-order valence-electron chi connectivity index (χ1n) is 4.34. The first kappa shape index (κ1) is 10.5. The number of hydrogen-bond donors (Lipinski definition) is 2. The van der Waals surface area contributed by atoms with E-state index in [1.165, 1.54) is 0 Å². The van der Waals surface area contributed by atoms with Crippen LogP contribution < -0.4 is 10.4 Å². The lowest BCUT2D eigenvalue weighted by Crippen LogP contribution is -2.45. The van der Waals surface area contributed by atoms with E-state index in [0.717, 1.165) is 5.56 Å². The zero-order valence-corrected chi connectivity index (χ0v) is 7.64. The molecule has 14 heavy (non-hydrogen) atoms. The number of rotatable bonds is 4. The number of hydrogen-bond acceptors (Lipinski definition) is 3. The monoisotopic (exact) mass is 194 g/mol. The zero-order valence-electron chi connectivity index (χ0n) is 7.64. The van der Waals surface area contributed by atoms with E-state index in [4.69, 9.17) is 5.11 Å². The highest BCUT2D eigenvalue weighted by Gasteiger charge is 2.06. The van der Waals surface area contributed by atoms with Gasteiger partial charge in [0.15, 0.2) is 0 Å².